The average Bonchev–Trinajstić information content (AvgIpc) is 2.49. The summed E-state index contributed by atoms with van der Waals surface area (Å²) in [6, 6.07) is 8.94. The number of hydrogen-bond donors (Lipinski definition) is 2. The largest absolute Gasteiger partial charge is 0.433 e. The van der Waals surface area contributed by atoms with Crippen LogP contribution >= 0.6 is 0 Å². The number of aromatic nitrogens is 1. The van der Waals surface area contributed by atoms with Gasteiger partial charge in [0.15, 0.2) is 12.4 Å². The topological polar surface area (TPSA) is 85.3 Å². The minimum Gasteiger partial charge on any atom is -0.433 e. The smallest absolute Gasteiger partial charge is 0.387 e. The lowest BCUT2D eigenvalue weighted by Crippen LogP contribution is -2.40. The molecular weight excluding hydrogens is 308 g/mol. The minimum absolute atomic E-state index is 0.121. The number of rotatable bonds is 6. The summed E-state index contributed by atoms with van der Waals surface area (Å²) in [5.41, 5.74) is 5.54. The van der Waals surface area contributed by atoms with E-state index in [-0.39, 0.29) is 23.5 Å². The van der Waals surface area contributed by atoms with Crippen LogP contribution in [0.5, 0.6) is 5.75 Å². The molecule has 0 spiro atoms. The van der Waals surface area contributed by atoms with Gasteiger partial charge in [0, 0.05) is 6.07 Å². The summed E-state index contributed by atoms with van der Waals surface area (Å²) < 4.78 is 30.4. The third-order valence-electron chi connectivity index (χ3n) is 2.85. The van der Waals surface area contributed by atoms with Crippen molar-refractivity contribution in [3.8, 4) is 5.75 Å². The van der Waals surface area contributed by atoms with Crippen LogP contribution in [-0.2, 0) is 11.3 Å². The van der Waals surface area contributed by atoms with Crippen LogP contribution < -0.4 is 20.4 Å². The molecular formula is C15H14F2N3O3+. The van der Waals surface area contributed by atoms with Gasteiger partial charge < -0.3 is 15.8 Å². The Kier molecular flexibility index (Phi) is 5.19. The SMILES string of the molecule is NC(=O)c1ccc[n+](CC(=O)Nc2ccccc2OC(F)F)c1. The highest BCUT2D eigenvalue weighted by Crippen LogP contribution is 2.25. The molecule has 8 heteroatoms. The van der Waals surface area contributed by atoms with Crippen molar-refractivity contribution in [1.82, 2.24) is 0 Å². The molecule has 0 fully saturated rings. The molecule has 0 bridgehead atoms. The summed E-state index contributed by atoms with van der Waals surface area (Å²) >= 11 is 0. The first-order valence-corrected chi connectivity index (χ1v) is 6.58. The van der Waals surface area contributed by atoms with Crippen molar-refractivity contribution in [2.75, 3.05) is 5.32 Å². The molecule has 2 aromatic rings. The first-order valence-electron chi connectivity index (χ1n) is 6.58. The summed E-state index contributed by atoms with van der Waals surface area (Å²) in [5.74, 6) is -1.22. The molecule has 0 radical (unpaired) electrons. The maximum Gasteiger partial charge on any atom is 0.387 e. The molecule has 0 saturated heterocycles. The number of nitrogens with one attached hydrogen (secondary N) is 1. The van der Waals surface area contributed by atoms with Gasteiger partial charge in [-0.2, -0.15) is 13.3 Å². The molecule has 1 aromatic carbocycles. The molecule has 2 rings (SSSR count). The fraction of sp³-hybridized carbons (Fsp3) is 0.133. The number of carbonyl (C=O) groups excluding carboxylic acids is 2. The molecule has 0 aliphatic carbocycles. The molecule has 1 heterocycles. The number of anilines is 1. The fourth-order valence-electron chi connectivity index (χ4n) is 1.89. The zero-order chi connectivity index (χ0) is 16.8. The molecule has 0 saturated carbocycles. The fourth-order valence-corrected chi connectivity index (χ4v) is 1.89. The maximum atomic E-state index is 12.3. The quantitative estimate of drug-likeness (QED) is 0.787. The van der Waals surface area contributed by atoms with E-state index in [0.717, 1.165) is 0 Å². The molecule has 1 aromatic heterocycles. The molecule has 23 heavy (non-hydrogen) atoms. The van der Waals surface area contributed by atoms with Crippen molar-refractivity contribution < 1.29 is 27.7 Å². The molecule has 0 aliphatic heterocycles. The Morgan fingerprint density at radius 1 is 1.22 bits per heavy atom. The Hall–Kier alpha value is -3.03. The Morgan fingerprint density at radius 2 is 1.96 bits per heavy atom. The second-order valence-corrected chi connectivity index (χ2v) is 4.55. The molecule has 0 aliphatic rings. The summed E-state index contributed by atoms with van der Waals surface area (Å²) in [4.78, 5) is 23.1. The summed E-state index contributed by atoms with van der Waals surface area (Å²) in [7, 11) is 0. The Labute approximate surface area is 130 Å². The van der Waals surface area contributed by atoms with Gasteiger partial charge in [-0.25, -0.2) is 0 Å². The van der Waals surface area contributed by atoms with Gasteiger partial charge in [-0.15, -0.1) is 0 Å². The van der Waals surface area contributed by atoms with E-state index < -0.39 is 18.4 Å². The Bertz CT molecular complexity index is 723. The van der Waals surface area contributed by atoms with Crippen molar-refractivity contribution in [1.29, 1.82) is 0 Å². The van der Waals surface area contributed by atoms with Crippen LogP contribution in [0.15, 0.2) is 48.8 Å². The third-order valence-corrected chi connectivity index (χ3v) is 2.85. The number of ether oxygens (including phenoxy) is 1. The van der Waals surface area contributed by atoms with Gasteiger partial charge in [0.25, 0.3) is 11.8 Å². The predicted octanol–water partition coefficient (Wildman–Crippen LogP) is 1.31. The van der Waals surface area contributed by atoms with E-state index in [9.17, 15) is 18.4 Å². The van der Waals surface area contributed by atoms with E-state index >= 15 is 0 Å². The van der Waals surface area contributed by atoms with E-state index in [0.29, 0.717) is 0 Å². The van der Waals surface area contributed by atoms with Gasteiger partial charge in [-0.05, 0) is 18.2 Å². The van der Waals surface area contributed by atoms with Crippen molar-refractivity contribution in [3.63, 3.8) is 0 Å². The number of hydrogen-bond acceptors (Lipinski definition) is 3. The number of halogens is 2. The molecule has 6 nitrogen and oxygen atoms in total. The van der Waals surface area contributed by atoms with Crippen LogP contribution in [0.4, 0.5) is 14.5 Å². The number of pyridine rings is 1. The highest BCUT2D eigenvalue weighted by atomic mass is 19.3. The number of benzene rings is 1. The molecule has 0 unspecified atom stereocenters. The summed E-state index contributed by atoms with van der Waals surface area (Å²) in [5, 5.41) is 2.48. The minimum atomic E-state index is -2.99. The van der Waals surface area contributed by atoms with Crippen molar-refractivity contribution in [2.45, 2.75) is 13.2 Å². The number of amides is 2. The number of alkyl halides is 2. The van der Waals surface area contributed by atoms with Gasteiger partial charge in [0.2, 0.25) is 6.54 Å². The number of primary amides is 1. The van der Waals surface area contributed by atoms with Gasteiger partial charge in [0.1, 0.15) is 11.3 Å². The zero-order valence-electron chi connectivity index (χ0n) is 11.9. The van der Waals surface area contributed by atoms with Crippen molar-refractivity contribution >= 4 is 17.5 Å². The van der Waals surface area contributed by atoms with E-state index in [1.165, 1.54) is 35.0 Å². The van der Waals surface area contributed by atoms with Crippen LogP contribution in [0.1, 0.15) is 10.4 Å². The van der Waals surface area contributed by atoms with E-state index in [4.69, 9.17) is 5.73 Å². The van der Waals surface area contributed by atoms with Crippen LogP contribution in [0.25, 0.3) is 0 Å². The van der Waals surface area contributed by atoms with Gasteiger partial charge in [-0.3, -0.25) is 9.59 Å². The van der Waals surface area contributed by atoms with Crippen molar-refractivity contribution in [2.24, 2.45) is 5.73 Å². The van der Waals surface area contributed by atoms with Crippen LogP contribution in [0, 0.1) is 0 Å². The van der Waals surface area contributed by atoms with Gasteiger partial charge in [-0.1, -0.05) is 12.1 Å². The lowest BCUT2D eigenvalue weighted by molar-refractivity contribution is -0.684. The van der Waals surface area contributed by atoms with E-state index in [2.05, 4.69) is 10.1 Å². The first-order chi connectivity index (χ1) is 11.0. The van der Waals surface area contributed by atoms with Crippen molar-refractivity contribution in [3.05, 3.63) is 54.4 Å². The number of carbonyl (C=O) groups is 2. The Balaban J connectivity index is 2.08. The first kappa shape index (κ1) is 16.3. The second kappa shape index (κ2) is 7.30. The predicted molar refractivity (Wildman–Crippen MR) is 76.9 cm³/mol. The normalized spacial score (nSPS) is 10.4. The molecule has 120 valence electrons. The molecule has 0 atom stereocenters. The van der Waals surface area contributed by atoms with Crippen LogP contribution in [0.2, 0.25) is 0 Å². The average molecular weight is 322 g/mol. The molecule has 2 amide bonds. The Morgan fingerprint density at radius 3 is 2.65 bits per heavy atom. The number of para-hydroxylation sites is 2. The van der Waals surface area contributed by atoms with E-state index in [1.54, 1.807) is 18.3 Å². The van der Waals surface area contributed by atoms with E-state index in [1.807, 2.05) is 0 Å². The highest BCUT2D eigenvalue weighted by molar-refractivity contribution is 5.92. The monoisotopic (exact) mass is 322 g/mol. The lowest BCUT2D eigenvalue weighted by Gasteiger charge is -2.10. The van der Waals surface area contributed by atoms with Crippen LogP contribution in [0.3, 0.4) is 0 Å². The van der Waals surface area contributed by atoms with Gasteiger partial charge >= 0.3 is 6.61 Å². The third kappa shape index (κ3) is 4.73. The lowest BCUT2D eigenvalue weighted by atomic mass is 10.2. The maximum absolute atomic E-state index is 12.3. The van der Waals surface area contributed by atoms with Gasteiger partial charge in [0.05, 0.1) is 5.69 Å². The molecule has 3 N–H and O–H groups in total. The highest BCUT2D eigenvalue weighted by Gasteiger charge is 2.15. The zero-order valence-corrected chi connectivity index (χ0v) is 11.9. The second-order valence-electron chi connectivity index (χ2n) is 4.55. The number of nitrogens with two attached hydrogens (primary N) is 1. The standard InChI is InChI=1S/C15H13F2N3O3/c16-15(17)23-12-6-2-1-5-11(12)19-13(21)9-20-7-3-4-10(8-20)14(18)22/h1-8,15H,9H2,(H2-,18,19,21,22)/p+1. The summed E-state index contributed by atoms with van der Waals surface area (Å²) in [6.45, 7) is -3.11. The van der Waals surface area contributed by atoms with Crippen LogP contribution in [-0.4, -0.2) is 18.4 Å². The number of nitrogens with zero attached hydrogens (tertiary/aromatic N) is 1. The summed E-state index contributed by atoms with van der Waals surface area (Å²) in [6.07, 6.45) is 3.00.